The summed E-state index contributed by atoms with van der Waals surface area (Å²) in [4.78, 5) is 23.5. The van der Waals surface area contributed by atoms with Gasteiger partial charge >= 0.3 is 5.97 Å². The number of ether oxygens (including phenoxy) is 1. The van der Waals surface area contributed by atoms with Gasteiger partial charge in [0.25, 0.3) is 0 Å². The van der Waals surface area contributed by atoms with Crippen LogP contribution >= 0.6 is 7.92 Å². The van der Waals surface area contributed by atoms with Crippen LogP contribution in [0.3, 0.4) is 0 Å². The van der Waals surface area contributed by atoms with E-state index < -0.39 is 13.9 Å². The van der Waals surface area contributed by atoms with Crippen LogP contribution in [0, 0.1) is 5.92 Å². The van der Waals surface area contributed by atoms with Crippen LogP contribution in [0.1, 0.15) is 17.3 Å². The summed E-state index contributed by atoms with van der Waals surface area (Å²) in [5.74, 6) is -0.704. The van der Waals surface area contributed by atoms with E-state index in [1.54, 1.807) is 13.0 Å². The first kappa shape index (κ1) is 19.0. The van der Waals surface area contributed by atoms with Crippen molar-refractivity contribution in [3.63, 3.8) is 0 Å². The van der Waals surface area contributed by atoms with E-state index in [1.807, 2.05) is 54.6 Å². The first-order valence-corrected chi connectivity index (χ1v) is 10.2. The Bertz CT molecular complexity index is 854. The number of esters is 1. The van der Waals surface area contributed by atoms with Crippen LogP contribution in [0.2, 0.25) is 0 Å². The molecule has 3 rings (SSSR count). The molecular formula is C23H21O3P. The van der Waals surface area contributed by atoms with E-state index in [9.17, 15) is 9.59 Å². The molecule has 27 heavy (non-hydrogen) atoms. The van der Waals surface area contributed by atoms with Crippen molar-refractivity contribution in [2.24, 2.45) is 5.92 Å². The van der Waals surface area contributed by atoms with Gasteiger partial charge in [-0.25, -0.2) is 4.79 Å². The number of carbonyl (C=O) groups is 2. The third-order valence-corrected chi connectivity index (χ3v) is 6.60. The molecule has 3 aromatic carbocycles. The largest absolute Gasteiger partial charge is 0.461 e. The Morgan fingerprint density at radius 2 is 1.41 bits per heavy atom. The van der Waals surface area contributed by atoms with Gasteiger partial charge in [-0.15, -0.1) is 0 Å². The fourth-order valence-corrected chi connectivity index (χ4v) is 5.18. The Balaban J connectivity index is 2.03. The summed E-state index contributed by atoms with van der Waals surface area (Å²) in [6, 6.07) is 28.0. The maximum atomic E-state index is 12.7. The van der Waals surface area contributed by atoms with Crippen LogP contribution in [-0.2, 0) is 9.53 Å². The quantitative estimate of drug-likeness (QED) is 0.360. The first-order chi connectivity index (χ1) is 13.2. The molecule has 0 fully saturated rings. The number of carbonyl (C=O) groups excluding carboxylic acids is 2. The summed E-state index contributed by atoms with van der Waals surface area (Å²) in [5.41, 5.74) is 0.550. The number of hydrogen-bond acceptors (Lipinski definition) is 3. The monoisotopic (exact) mass is 376 g/mol. The van der Waals surface area contributed by atoms with E-state index in [0.717, 1.165) is 11.6 Å². The average molecular weight is 376 g/mol. The minimum Gasteiger partial charge on any atom is -0.461 e. The Hall–Kier alpha value is -2.77. The Morgan fingerprint density at radius 3 is 1.96 bits per heavy atom. The highest BCUT2D eigenvalue weighted by Gasteiger charge is 2.23. The van der Waals surface area contributed by atoms with Crippen LogP contribution in [0.4, 0.5) is 0 Å². The predicted octanol–water partition coefficient (Wildman–Crippen LogP) is 3.44. The van der Waals surface area contributed by atoms with Crippen LogP contribution in [0.15, 0.2) is 84.9 Å². The Morgan fingerprint density at radius 1 is 0.889 bits per heavy atom. The smallest absolute Gasteiger partial charge is 0.338 e. The van der Waals surface area contributed by atoms with E-state index in [-0.39, 0.29) is 12.5 Å². The second-order valence-corrected chi connectivity index (χ2v) is 8.42. The predicted molar refractivity (Wildman–Crippen MR) is 111 cm³/mol. The second kappa shape index (κ2) is 9.25. The number of benzene rings is 3. The fourth-order valence-electron chi connectivity index (χ4n) is 2.75. The highest BCUT2D eigenvalue weighted by atomic mass is 31.1. The van der Waals surface area contributed by atoms with Gasteiger partial charge in [0, 0.05) is 5.92 Å². The van der Waals surface area contributed by atoms with Gasteiger partial charge in [0.15, 0.2) is 0 Å². The Labute approximate surface area is 160 Å². The van der Waals surface area contributed by atoms with Gasteiger partial charge in [0.2, 0.25) is 0 Å². The van der Waals surface area contributed by atoms with Crippen LogP contribution in [-0.4, -0.2) is 18.9 Å². The molecule has 0 amide bonds. The molecule has 0 saturated carbocycles. The topological polar surface area (TPSA) is 43.4 Å². The van der Waals surface area contributed by atoms with Crippen molar-refractivity contribution in [3.8, 4) is 0 Å². The molecule has 0 N–H and O–H groups in total. The van der Waals surface area contributed by atoms with Crippen LogP contribution in [0.25, 0.3) is 0 Å². The third-order valence-electron chi connectivity index (χ3n) is 4.10. The minimum absolute atomic E-state index is 0.0886. The molecule has 136 valence electrons. The van der Waals surface area contributed by atoms with Gasteiger partial charge in [0.05, 0.1) is 5.56 Å². The van der Waals surface area contributed by atoms with Crippen LogP contribution < -0.4 is 15.9 Å². The zero-order chi connectivity index (χ0) is 19.1. The summed E-state index contributed by atoms with van der Waals surface area (Å²) >= 11 is 0. The summed E-state index contributed by atoms with van der Waals surface area (Å²) in [6.07, 6.45) is 0.792. The van der Waals surface area contributed by atoms with Crippen molar-refractivity contribution >= 4 is 36.1 Å². The number of rotatable bonds is 7. The zero-order valence-electron chi connectivity index (χ0n) is 15.1. The third kappa shape index (κ3) is 4.69. The first-order valence-electron chi connectivity index (χ1n) is 8.82. The van der Waals surface area contributed by atoms with Crippen molar-refractivity contribution in [1.82, 2.24) is 0 Å². The van der Waals surface area contributed by atoms with Crippen molar-refractivity contribution in [1.29, 1.82) is 0 Å². The van der Waals surface area contributed by atoms with E-state index in [1.165, 1.54) is 10.6 Å². The normalized spacial score (nSPS) is 11.8. The molecule has 3 nitrogen and oxygen atoms in total. The van der Waals surface area contributed by atoms with Crippen molar-refractivity contribution in [2.75, 3.05) is 6.61 Å². The summed E-state index contributed by atoms with van der Waals surface area (Å²) in [6.45, 7) is 1.82. The van der Waals surface area contributed by atoms with Gasteiger partial charge in [0.1, 0.15) is 12.9 Å². The average Bonchev–Trinajstić information content (AvgIpc) is 2.74. The highest BCUT2D eigenvalue weighted by molar-refractivity contribution is 7.80. The molecule has 0 aliphatic heterocycles. The zero-order valence-corrected chi connectivity index (χ0v) is 16.0. The maximum Gasteiger partial charge on any atom is 0.338 e. The van der Waals surface area contributed by atoms with Gasteiger partial charge in [-0.1, -0.05) is 85.8 Å². The molecule has 4 heteroatoms. The molecule has 0 bridgehead atoms. The molecule has 1 unspecified atom stereocenters. The molecule has 3 aromatic rings. The van der Waals surface area contributed by atoms with E-state index >= 15 is 0 Å². The SMILES string of the molecule is CC(C=O)COC(=O)c1ccccc1P(c1ccccc1)c1ccccc1. The summed E-state index contributed by atoms with van der Waals surface area (Å²) in [5, 5.41) is 3.29. The molecule has 0 aromatic heterocycles. The lowest BCUT2D eigenvalue weighted by Crippen LogP contribution is -2.26. The lowest BCUT2D eigenvalue weighted by molar-refractivity contribution is -0.111. The van der Waals surface area contributed by atoms with Crippen molar-refractivity contribution in [2.45, 2.75) is 6.92 Å². The molecule has 0 saturated heterocycles. The molecular weight excluding hydrogens is 355 g/mol. The summed E-state index contributed by atoms with van der Waals surface area (Å²) in [7, 11) is -0.899. The molecule has 0 aliphatic rings. The fraction of sp³-hybridized carbons (Fsp3) is 0.130. The van der Waals surface area contributed by atoms with Gasteiger partial charge in [-0.2, -0.15) is 0 Å². The van der Waals surface area contributed by atoms with E-state index in [0.29, 0.717) is 5.56 Å². The van der Waals surface area contributed by atoms with Crippen molar-refractivity contribution in [3.05, 3.63) is 90.5 Å². The van der Waals surface area contributed by atoms with Crippen LogP contribution in [0.5, 0.6) is 0 Å². The van der Waals surface area contributed by atoms with E-state index in [4.69, 9.17) is 4.74 Å². The lowest BCUT2D eigenvalue weighted by atomic mass is 10.2. The molecule has 0 spiro atoms. The molecule has 0 heterocycles. The van der Waals surface area contributed by atoms with E-state index in [2.05, 4.69) is 24.3 Å². The van der Waals surface area contributed by atoms with Crippen molar-refractivity contribution < 1.29 is 14.3 Å². The minimum atomic E-state index is -0.899. The number of hydrogen-bond donors (Lipinski definition) is 0. The standard InChI is InChI=1S/C23H21O3P/c1-18(16-24)17-26-23(25)21-14-8-9-15-22(21)27(19-10-4-2-5-11-19)20-12-6-3-7-13-20/h2-16,18H,17H2,1H3. The Kier molecular flexibility index (Phi) is 6.51. The number of aldehydes is 1. The lowest BCUT2D eigenvalue weighted by Gasteiger charge is -2.21. The van der Waals surface area contributed by atoms with Gasteiger partial charge in [-0.05, 0) is 29.9 Å². The highest BCUT2D eigenvalue weighted by Crippen LogP contribution is 2.34. The van der Waals surface area contributed by atoms with Gasteiger partial charge in [-0.3, -0.25) is 0 Å². The molecule has 0 radical (unpaired) electrons. The second-order valence-electron chi connectivity index (χ2n) is 6.24. The van der Waals surface area contributed by atoms with Gasteiger partial charge < -0.3 is 9.53 Å². The molecule has 0 aliphatic carbocycles. The molecule has 1 atom stereocenters. The summed E-state index contributed by atoms with van der Waals surface area (Å²) < 4.78 is 5.38. The maximum absolute atomic E-state index is 12.7.